The minimum atomic E-state index is 0.572. The Hall–Kier alpha value is -2.28. The molecule has 0 radical (unpaired) electrons. The molecule has 1 aromatic heterocycles. The van der Waals surface area contributed by atoms with Gasteiger partial charge < -0.3 is 9.64 Å². The molecule has 1 aliphatic heterocycles. The Balaban J connectivity index is 1.41. The average Bonchev–Trinajstić information content (AvgIpc) is 3.14. The van der Waals surface area contributed by atoms with E-state index in [1.165, 1.54) is 5.56 Å². The zero-order chi connectivity index (χ0) is 17.8. The first-order chi connectivity index (χ1) is 12.8. The highest BCUT2D eigenvalue weighted by Crippen LogP contribution is 2.15. The third-order valence-electron chi connectivity index (χ3n) is 4.56. The number of halogens is 1. The molecule has 134 valence electrons. The van der Waals surface area contributed by atoms with E-state index in [0.717, 1.165) is 49.0 Å². The molecule has 0 aliphatic carbocycles. The maximum Gasteiger partial charge on any atom is 0.204 e. The van der Waals surface area contributed by atoms with Crippen LogP contribution in [-0.2, 0) is 17.8 Å². The molecule has 2 aromatic carbocycles. The van der Waals surface area contributed by atoms with E-state index in [4.69, 9.17) is 16.3 Å². The van der Waals surface area contributed by atoms with Crippen molar-refractivity contribution in [2.45, 2.75) is 13.1 Å². The van der Waals surface area contributed by atoms with Crippen LogP contribution in [0.3, 0.4) is 0 Å². The van der Waals surface area contributed by atoms with Gasteiger partial charge in [-0.15, -0.1) is 10.2 Å². The second-order valence-corrected chi connectivity index (χ2v) is 6.94. The highest BCUT2D eigenvalue weighted by atomic mass is 35.5. The molecule has 2 heterocycles. The largest absolute Gasteiger partial charge is 0.370 e. The molecule has 0 unspecified atom stereocenters. The minimum Gasteiger partial charge on any atom is -0.370 e. The van der Waals surface area contributed by atoms with Gasteiger partial charge in [-0.2, -0.15) is 4.80 Å². The highest BCUT2D eigenvalue weighted by Gasteiger charge is 2.14. The van der Waals surface area contributed by atoms with Gasteiger partial charge in [-0.1, -0.05) is 48.0 Å². The molecule has 0 saturated carbocycles. The van der Waals surface area contributed by atoms with Gasteiger partial charge in [0.15, 0.2) is 0 Å². The van der Waals surface area contributed by atoms with Gasteiger partial charge in [0.05, 0.1) is 19.8 Å². The summed E-state index contributed by atoms with van der Waals surface area (Å²) in [6, 6.07) is 16.1. The summed E-state index contributed by atoms with van der Waals surface area (Å²) < 4.78 is 5.41. The first kappa shape index (κ1) is 17.1. The topological polar surface area (TPSA) is 57.3 Å². The van der Waals surface area contributed by atoms with Gasteiger partial charge >= 0.3 is 0 Å². The molecule has 6 nitrogen and oxygen atoms in total. The molecule has 3 aromatic rings. The fourth-order valence-electron chi connectivity index (χ4n) is 3.08. The molecule has 0 bridgehead atoms. The van der Waals surface area contributed by atoms with Crippen LogP contribution in [0, 0.1) is 0 Å². The molecule has 1 fully saturated rings. The van der Waals surface area contributed by atoms with Crippen molar-refractivity contribution in [3.63, 3.8) is 0 Å². The van der Waals surface area contributed by atoms with Crippen molar-refractivity contribution in [2.24, 2.45) is 0 Å². The van der Waals surface area contributed by atoms with Crippen LogP contribution in [0.5, 0.6) is 0 Å². The standard InChI is InChI=1S/C19H20ClN5O/c20-18-7-3-16(4-8-18)14-25-22-19(21-23-25)17-5-1-15(2-6-17)13-24-9-11-26-12-10-24/h1-8H,9-14H2/p+1. The number of hydrogen-bond donors (Lipinski definition) is 1. The number of tetrazole rings is 1. The van der Waals surface area contributed by atoms with Crippen molar-refractivity contribution < 1.29 is 9.64 Å². The maximum atomic E-state index is 5.91. The lowest BCUT2D eigenvalue weighted by molar-refractivity contribution is -0.921. The summed E-state index contributed by atoms with van der Waals surface area (Å²) in [6.07, 6.45) is 0. The lowest BCUT2D eigenvalue weighted by atomic mass is 10.1. The molecule has 1 N–H and O–H groups in total. The van der Waals surface area contributed by atoms with Crippen LogP contribution in [0.15, 0.2) is 48.5 Å². The number of hydrogen-bond acceptors (Lipinski definition) is 4. The number of nitrogens with one attached hydrogen (secondary N) is 1. The fourth-order valence-corrected chi connectivity index (χ4v) is 3.20. The maximum absolute atomic E-state index is 5.91. The third kappa shape index (κ3) is 4.27. The second-order valence-electron chi connectivity index (χ2n) is 6.51. The Bertz CT molecular complexity index is 841. The molecule has 7 heteroatoms. The van der Waals surface area contributed by atoms with Crippen molar-refractivity contribution in [3.05, 3.63) is 64.7 Å². The lowest BCUT2D eigenvalue weighted by Crippen LogP contribution is -3.12. The van der Waals surface area contributed by atoms with Crippen LogP contribution in [0.25, 0.3) is 11.4 Å². The molecule has 1 saturated heterocycles. The number of morpholine rings is 1. The predicted octanol–water partition coefficient (Wildman–Crippen LogP) is 1.46. The third-order valence-corrected chi connectivity index (χ3v) is 4.81. The highest BCUT2D eigenvalue weighted by molar-refractivity contribution is 6.30. The molecule has 0 spiro atoms. The average molecular weight is 371 g/mol. The Morgan fingerprint density at radius 3 is 2.38 bits per heavy atom. The van der Waals surface area contributed by atoms with E-state index in [0.29, 0.717) is 12.4 Å². The van der Waals surface area contributed by atoms with Gasteiger partial charge in [0.2, 0.25) is 5.82 Å². The van der Waals surface area contributed by atoms with E-state index in [1.54, 1.807) is 9.70 Å². The first-order valence-electron chi connectivity index (χ1n) is 8.79. The Morgan fingerprint density at radius 2 is 1.65 bits per heavy atom. The molecule has 0 atom stereocenters. The normalized spacial score (nSPS) is 15.3. The van der Waals surface area contributed by atoms with Gasteiger partial charge in [0.1, 0.15) is 19.6 Å². The van der Waals surface area contributed by atoms with Crippen molar-refractivity contribution in [1.29, 1.82) is 0 Å². The van der Waals surface area contributed by atoms with Gasteiger partial charge in [-0.3, -0.25) is 0 Å². The van der Waals surface area contributed by atoms with Crippen LogP contribution in [0.4, 0.5) is 0 Å². The van der Waals surface area contributed by atoms with E-state index < -0.39 is 0 Å². The minimum absolute atomic E-state index is 0.572. The van der Waals surface area contributed by atoms with E-state index in [1.807, 2.05) is 24.3 Å². The van der Waals surface area contributed by atoms with Crippen molar-refractivity contribution in [1.82, 2.24) is 20.2 Å². The number of quaternary nitrogens is 1. The monoisotopic (exact) mass is 370 g/mol. The van der Waals surface area contributed by atoms with Crippen molar-refractivity contribution in [2.75, 3.05) is 26.3 Å². The Kier molecular flexibility index (Phi) is 5.24. The SMILES string of the molecule is Clc1ccc(Cn2nnc(-c3ccc(C[NH+]4CCOCC4)cc3)n2)cc1. The summed E-state index contributed by atoms with van der Waals surface area (Å²) in [6.45, 7) is 5.45. The first-order valence-corrected chi connectivity index (χ1v) is 9.17. The number of nitrogens with zero attached hydrogens (tertiary/aromatic N) is 4. The van der Waals surface area contributed by atoms with Crippen molar-refractivity contribution >= 4 is 11.6 Å². The fraction of sp³-hybridized carbons (Fsp3) is 0.316. The summed E-state index contributed by atoms with van der Waals surface area (Å²) in [5.41, 5.74) is 3.38. The lowest BCUT2D eigenvalue weighted by Gasteiger charge is -2.23. The number of rotatable bonds is 5. The summed E-state index contributed by atoms with van der Waals surface area (Å²) in [5, 5.41) is 13.5. The van der Waals surface area contributed by atoms with E-state index in [9.17, 15) is 0 Å². The van der Waals surface area contributed by atoms with Crippen molar-refractivity contribution in [3.8, 4) is 11.4 Å². The predicted molar refractivity (Wildman–Crippen MR) is 99.0 cm³/mol. The molecule has 4 rings (SSSR count). The van der Waals surface area contributed by atoms with Gasteiger partial charge in [-0.25, -0.2) is 0 Å². The van der Waals surface area contributed by atoms with E-state index >= 15 is 0 Å². The molecule has 1 aliphatic rings. The summed E-state index contributed by atoms with van der Waals surface area (Å²) >= 11 is 5.91. The van der Waals surface area contributed by atoms with Gasteiger partial charge in [0, 0.05) is 16.1 Å². The molecule has 26 heavy (non-hydrogen) atoms. The molecular weight excluding hydrogens is 350 g/mol. The summed E-state index contributed by atoms with van der Waals surface area (Å²) in [4.78, 5) is 3.17. The zero-order valence-electron chi connectivity index (χ0n) is 14.4. The van der Waals surface area contributed by atoms with E-state index in [2.05, 4.69) is 39.7 Å². The van der Waals surface area contributed by atoms with Crippen LogP contribution >= 0.6 is 11.6 Å². The smallest absolute Gasteiger partial charge is 0.204 e. The molecule has 0 amide bonds. The van der Waals surface area contributed by atoms with E-state index in [-0.39, 0.29) is 0 Å². The number of ether oxygens (including phenoxy) is 1. The molecular formula is C19H21ClN5O+. The van der Waals surface area contributed by atoms with Crippen LogP contribution in [0.1, 0.15) is 11.1 Å². The van der Waals surface area contributed by atoms with Crippen LogP contribution in [0.2, 0.25) is 5.02 Å². The second kappa shape index (κ2) is 7.95. The Morgan fingerprint density at radius 1 is 0.962 bits per heavy atom. The summed E-state index contributed by atoms with van der Waals surface area (Å²) in [5.74, 6) is 0.643. The number of aromatic nitrogens is 4. The summed E-state index contributed by atoms with van der Waals surface area (Å²) in [7, 11) is 0. The Labute approximate surface area is 157 Å². The van der Waals surface area contributed by atoms with Crippen LogP contribution < -0.4 is 4.90 Å². The quantitative estimate of drug-likeness (QED) is 0.738. The zero-order valence-corrected chi connectivity index (χ0v) is 15.2. The number of benzene rings is 2. The van der Waals surface area contributed by atoms with Crippen LogP contribution in [-0.4, -0.2) is 46.5 Å². The van der Waals surface area contributed by atoms with Gasteiger partial charge in [0.25, 0.3) is 0 Å². The van der Waals surface area contributed by atoms with Gasteiger partial charge in [-0.05, 0) is 22.9 Å².